The van der Waals surface area contributed by atoms with Crippen LogP contribution in [0.2, 0.25) is 0 Å². The third kappa shape index (κ3) is 7.40. The van der Waals surface area contributed by atoms with E-state index < -0.39 is 6.61 Å². The third-order valence-electron chi connectivity index (χ3n) is 3.83. The van der Waals surface area contributed by atoms with E-state index in [0.29, 0.717) is 6.54 Å². The summed E-state index contributed by atoms with van der Waals surface area (Å²) < 4.78 is 34.4. The van der Waals surface area contributed by atoms with Crippen molar-refractivity contribution in [3.05, 3.63) is 60.7 Å². The average molecular weight is 422 g/mol. The number of anilines is 1. The summed E-state index contributed by atoms with van der Waals surface area (Å²) in [7, 11) is 3.18. The summed E-state index contributed by atoms with van der Waals surface area (Å²) in [4.78, 5) is 15.2. The van der Waals surface area contributed by atoms with Gasteiger partial charge in [0.2, 0.25) is 5.91 Å². The highest BCUT2D eigenvalue weighted by atomic mass is 32.2. The second kappa shape index (κ2) is 11.4. The molecule has 0 radical (unpaired) electrons. The van der Waals surface area contributed by atoms with Gasteiger partial charge in [-0.2, -0.15) is 8.78 Å². The number of rotatable bonds is 11. The van der Waals surface area contributed by atoms with Crippen LogP contribution in [0.15, 0.2) is 60.0 Å². The molecular weight excluding hydrogens is 398 g/mol. The number of carbonyl (C=O) groups is 1. The first kappa shape index (κ1) is 22.7. The van der Waals surface area contributed by atoms with Gasteiger partial charge in [0.25, 0.3) is 0 Å². The number of likely N-dealkylation sites (N-methyl/N-ethyl adjacent to an activating group) is 1. The van der Waals surface area contributed by atoms with Gasteiger partial charge in [0.05, 0.1) is 19.3 Å². The Morgan fingerprint density at radius 2 is 2.03 bits per heavy atom. The smallest absolute Gasteiger partial charge is 0.387 e. The number of methoxy groups -OCH3 is 1. The van der Waals surface area contributed by atoms with E-state index in [4.69, 9.17) is 4.74 Å². The number of hydrogen-bond acceptors (Lipinski definition) is 5. The molecule has 2 aromatic rings. The van der Waals surface area contributed by atoms with Gasteiger partial charge in [-0.1, -0.05) is 24.3 Å². The summed E-state index contributed by atoms with van der Waals surface area (Å²) in [6.45, 7) is 1.39. The number of thioether (sulfide) groups is 1. The Balaban J connectivity index is 1.96. The molecule has 0 fully saturated rings. The zero-order valence-corrected chi connectivity index (χ0v) is 17.2. The molecule has 2 aromatic carbocycles. The highest BCUT2D eigenvalue weighted by Gasteiger charge is 2.13. The van der Waals surface area contributed by atoms with E-state index in [1.54, 1.807) is 30.9 Å². The summed E-state index contributed by atoms with van der Waals surface area (Å²) in [5.74, 6) is 0.790. The monoisotopic (exact) mass is 422 g/mol. The van der Waals surface area contributed by atoms with Crippen LogP contribution in [0.5, 0.6) is 11.5 Å². The molecule has 0 bridgehead atoms. The lowest BCUT2D eigenvalue weighted by Crippen LogP contribution is -2.30. The Labute approximate surface area is 173 Å². The zero-order chi connectivity index (χ0) is 21.2. The molecule has 156 valence electrons. The van der Waals surface area contributed by atoms with E-state index >= 15 is 0 Å². The molecule has 0 saturated carbocycles. The molecular formula is C21H24F2N2O3S. The van der Waals surface area contributed by atoms with E-state index in [1.165, 1.54) is 13.2 Å². The maximum Gasteiger partial charge on any atom is 0.387 e. The molecule has 8 heteroatoms. The molecule has 0 unspecified atom stereocenters. The predicted octanol–water partition coefficient (Wildman–Crippen LogP) is 4.65. The number of nitrogens with zero attached hydrogens (tertiary/aromatic N) is 1. The molecule has 0 aliphatic carbocycles. The first-order valence-corrected chi connectivity index (χ1v) is 9.84. The van der Waals surface area contributed by atoms with Gasteiger partial charge in [-0.15, -0.1) is 18.3 Å². The lowest BCUT2D eigenvalue weighted by atomic mass is 10.2. The van der Waals surface area contributed by atoms with Crippen LogP contribution in [0.1, 0.15) is 5.56 Å². The van der Waals surface area contributed by atoms with Crippen LogP contribution in [-0.2, 0) is 11.3 Å². The fraction of sp³-hybridized carbons (Fsp3) is 0.286. The van der Waals surface area contributed by atoms with Crippen molar-refractivity contribution in [3.63, 3.8) is 0 Å². The molecule has 1 amide bonds. The maximum absolute atomic E-state index is 12.4. The van der Waals surface area contributed by atoms with E-state index in [9.17, 15) is 13.6 Å². The van der Waals surface area contributed by atoms with Gasteiger partial charge in [-0.05, 0) is 36.9 Å². The van der Waals surface area contributed by atoms with Crippen LogP contribution < -0.4 is 14.8 Å². The van der Waals surface area contributed by atoms with Crippen LogP contribution in [0.25, 0.3) is 0 Å². The summed E-state index contributed by atoms with van der Waals surface area (Å²) in [5.41, 5.74) is 1.56. The van der Waals surface area contributed by atoms with E-state index in [1.807, 2.05) is 35.2 Å². The van der Waals surface area contributed by atoms with Crippen molar-refractivity contribution in [1.82, 2.24) is 4.90 Å². The molecule has 1 N–H and O–H groups in total. The van der Waals surface area contributed by atoms with Crippen LogP contribution in [0.3, 0.4) is 0 Å². The summed E-state index contributed by atoms with van der Waals surface area (Å²) in [6, 6.07) is 12.3. The van der Waals surface area contributed by atoms with Crippen molar-refractivity contribution in [2.24, 2.45) is 0 Å². The number of halogens is 2. The van der Waals surface area contributed by atoms with E-state index in [-0.39, 0.29) is 24.0 Å². The topological polar surface area (TPSA) is 50.8 Å². The summed E-state index contributed by atoms with van der Waals surface area (Å²) in [5, 5.41) is 2.93. The quantitative estimate of drug-likeness (QED) is 0.422. The molecule has 0 spiro atoms. The standard InChI is InChI=1S/C21H24F2N2O3S/c1-4-11-29-19-8-6-5-7-16(19)24-20(26)14-25(2)13-15-9-10-17(28-21(22)23)18(12-15)27-3/h4-10,12,21H,1,11,13-14H2,2-3H3,(H,24,26). The lowest BCUT2D eigenvalue weighted by Gasteiger charge is -2.18. The van der Waals surface area contributed by atoms with Gasteiger partial charge in [0.15, 0.2) is 11.5 Å². The Bertz CT molecular complexity index is 833. The Hall–Kier alpha value is -2.58. The van der Waals surface area contributed by atoms with Crippen molar-refractivity contribution < 1.29 is 23.0 Å². The molecule has 5 nitrogen and oxygen atoms in total. The number of hydrogen-bond donors (Lipinski definition) is 1. The average Bonchev–Trinajstić information content (AvgIpc) is 2.67. The molecule has 0 aromatic heterocycles. The second-order valence-corrected chi connectivity index (χ2v) is 7.24. The largest absolute Gasteiger partial charge is 0.493 e. The second-order valence-electron chi connectivity index (χ2n) is 6.18. The fourth-order valence-electron chi connectivity index (χ4n) is 2.65. The van der Waals surface area contributed by atoms with Gasteiger partial charge < -0.3 is 14.8 Å². The SMILES string of the molecule is C=CCSc1ccccc1NC(=O)CN(C)Cc1ccc(OC(F)F)c(OC)c1. The van der Waals surface area contributed by atoms with E-state index in [2.05, 4.69) is 16.6 Å². The lowest BCUT2D eigenvalue weighted by molar-refractivity contribution is -0.117. The number of nitrogens with one attached hydrogen (secondary N) is 1. The number of ether oxygens (including phenoxy) is 2. The minimum atomic E-state index is -2.92. The fourth-order valence-corrected chi connectivity index (χ4v) is 3.40. The van der Waals surface area contributed by atoms with Gasteiger partial charge in [0.1, 0.15) is 0 Å². The molecule has 0 atom stereocenters. The number of carbonyl (C=O) groups excluding carboxylic acids is 1. The number of benzene rings is 2. The van der Waals surface area contributed by atoms with Crippen molar-refractivity contribution in [2.75, 3.05) is 31.8 Å². The highest BCUT2D eigenvalue weighted by Crippen LogP contribution is 2.30. The van der Waals surface area contributed by atoms with Gasteiger partial charge >= 0.3 is 6.61 Å². The van der Waals surface area contributed by atoms with Crippen LogP contribution in [0.4, 0.5) is 14.5 Å². The van der Waals surface area contributed by atoms with Crippen LogP contribution in [-0.4, -0.2) is 43.9 Å². The van der Waals surface area contributed by atoms with Crippen molar-refractivity contribution in [2.45, 2.75) is 18.1 Å². The molecule has 0 saturated heterocycles. The third-order valence-corrected chi connectivity index (χ3v) is 4.90. The maximum atomic E-state index is 12.4. The van der Waals surface area contributed by atoms with Crippen molar-refractivity contribution in [1.29, 1.82) is 0 Å². The zero-order valence-electron chi connectivity index (χ0n) is 16.4. The molecule has 2 rings (SSSR count). The Morgan fingerprint density at radius 1 is 1.28 bits per heavy atom. The highest BCUT2D eigenvalue weighted by molar-refractivity contribution is 7.99. The first-order chi connectivity index (χ1) is 13.9. The van der Waals surface area contributed by atoms with Gasteiger partial charge in [-0.25, -0.2) is 0 Å². The van der Waals surface area contributed by atoms with Gasteiger partial charge in [0, 0.05) is 17.2 Å². The first-order valence-electron chi connectivity index (χ1n) is 8.85. The molecule has 0 aliphatic heterocycles. The minimum absolute atomic E-state index is 0.0275. The minimum Gasteiger partial charge on any atom is -0.493 e. The van der Waals surface area contributed by atoms with Crippen molar-refractivity contribution >= 4 is 23.4 Å². The van der Waals surface area contributed by atoms with E-state index in [0.717, 1.165) is 21.9 Å². The van der Waals surface area contributed by atoms with Gasteiger partial charge in [-0.3, -0.25) is 9.69 Å². The number of amides is 1. The van der Waals surface area contributed by atoms with Crippen molar-refractivity contribution in [3.8, 4) is 11.5 Å². The normalized spacial score (nSPS) is 10.8. The Kier molecular flexibility index (Phi) is 8.95. The summed E-state index contributed by atoms with van der Waals surface area (Å²) in [6.07, 6.45) is 1.81. The Morgan fingerprint density at radius 3 is 2.72 bits per heavy atom. The number of alkyl halides is 2. The summed E-state index contributed by atoms with van der Waals surface area (Å²) >= 11 is 1.59. The predicted molar refractivity (Wildman–Crippen MR) is 112 cm³/mol. The molecule has 0 heterocycles. The van der Waals surface area contributed by atoms with Crippen LogP contribution in [0, 0.1) is 0 Å². The number of para-hydroxylation sites is 1. The molecule has 29 heavy (non-hydrogen) atoms. The van der Waals surface area contributed by atoms with Crippen LogP contribution >= 0.6 is 11.8 Å². The molecule has 0 aliphatic rings.